The normalized spacial score (nSPS) is 11.2. The zero-order chi connectivity index (χ0) is 19.6. The molecule has 8 heteroatoms. The van der Waals surface area contributed by atoms with Crippen LogP contribution in [0.1, 0.15) is 5.89 Å². The molecule has 5 nitrogen and oxygen atoms in total. The topological polar surface area (TPSA) is 64.7 Å². The van der Waals surface area contributed by atoms with E-state index in [0.717, 1.165) is 31.9 Å². The zero-order valence-electron chi connectivity index (χ0n) is 14.9. The van der Waals surface area contributed by atoms with E-state index in [2.05, 4.69) is 20.2 Å². The van der Waals surface area contributed by atoms with Gasteiger partial charge in [-0.2, -0.15) is 0 Å². The number of hydrogen-bond donors (Lipinski definition) is 0. The summed E-state index contributed by atoms with van der Waals surface area (Å²) in [5, 5.41) is 12.1. The first kappa shape index (κ1) is 18.0. The van der Waals surface area contributed by atoms with Crippen LogP contribution in [0, 0.1) is 5.82 Å². The molecule has 0 aliphatic carbocycles. The van der Waals surface area contributed by atoms with Crippen LogP contribution >= 0.6 is 23.1 Å². The minimum absolute atomic E-state index is 0.259. The molecule has 0 unspecified atom stereocenters. The number of aromatic nitrogens is 4. The standard InChI is InChI=1S/C21H13FN4OS2/c22-15-8-6-13(7-9-15)16-10-28-20-18(16)21(24-12-23-20)29-11-17-25-26-19(27-17)14-4-2-1-3-5-14/h1-10,12H,11H2. The van der Waals surface area contributed by atoms with E-state index in [1.54, 1.807) is 29.8 Å². The van der Waals surface area contributed by atoms with Crippen molar-refractivity contribution in [2.75, 3.05) is 0 Å². The van der Waals surface area contributed by atoms with Gasteiger partial charge in [-0.3, -0.25) is 0 Å². The first-order valence-corrected chi connectivity index (χ1v) is 10.6. The highest BCUT2D eigenvalue weighted by Gasteiger charge is 2.15. The molecule has 29 heavy (non-hydrogen) atoms. The molecule has 0 radical (unpaired) electrons. The largest absolute Gasteiger partial charge is 0.420 e. The third-order valence-corrected chi connectivity index (χ3v) is 6.17. The second-order valence-electron chi connectivity index (χ2n) is 6.17. The van der Waals surface area contributed by atoms with Crippen LogP contribution in [0.2, 0.25) is 0 Å². The van der Waals surface area contributed by atoms with Crippen molar-refractivity contribution in [2.45, 2.75) is 10.8 Å². The molecule has 0 N–H and O–H groups in total. The SMILES string of the molecule is Fc1ccc(-c2csc3ncnc(SCc4nnc(-c5ccccc5)o4)c23)cc1. The van der Waals surface area contributed by atoms with Crippen molar-refractivity contribution in [2.24, 2.45) is 0 Å². The minimum atomic E-state index is -0.259. The van der Waals surface area contributed by atoms with Gasteiger partial charge in [-0.25, -0.2) is 14.4 Å². The fraction of sp³-hybridized carbons (Fsp3) is 0.0476. The third-order valence-electron chi connectivity index (χ3n) is 4.31. The number of rotatable bonds is 5. The predicted molar refractivity (Wildman–Crippen MR) is 112 cm³/mol. The van der Waals surface area contributed by atoms with Crippen LogP contribution in [0.15, 0.2) is 75.7 Å². The van der Waals surface area contributed by atoms with Gasteiger partial charge >= 0.3 is 0 Å². The van der Waals surface area contributed by atoms with Gasteiger partial charge in [0.15, 0.2) is 0 Å². The average molecular weight is 420 g/mol. The molecule has 0 amide bonds. The minimum Gasteiger partial charge on any atom is -0.420 e. The number of thiophene rings is 1. The number of nitrogens with zero attached hydrogens (tertiary/aromatic N) is 4. The number of fused-ring (bicyclic) bond motifs is 1. The number of benzene rings is 2. The van der Waals surface area contributed by atoms with E-state index in [0.29, 0.717) is 17.5 Å². The van der Waals surface area contributed by atoms with Crippen molar-refractivity contribution in [3.05, 3.63) is 78.0 Å². The van der Waals surface area contributed by atoms with E-state index in [-0.39, 0.29) is 5.82 Å². The molecule has 0 atom stereocenters. The Balaban J connectivity index is 1.43. The Morgan fingerprint density at radius 2 is 1.76 bits per heavy atom. The van der Waals surface area contributed by atoms with Crippen LogP contribution in [0.25, 0.3) is 32.8 Å². The number of hydrogen-bond acceptors (Lipinski definition) is 7. The molecule has 0 saturated carbocycles. The van der Waals surface area contributed by atoms with Crippen LogP contribution in [0.4, 0.5) is 4.39 Å². The Kier molecular flexibility index (Phi) is 4.79. The summed E-state index contributed by atoms with van der Waals surface area (Å²) in [7, 11) is 0. The van der Waals surface area contributed by atoms with E-state index in [1.165, 1.54) is 23.9 Å². The fourth-order valence-corrected chi connectivity index (χ4v) is 4.77. The van der Waals surface area contributed by atoms with Gasteiger partial charge in [0.25, 0.3) is 0 Å². The quantitative estimate of drug-likeness (QED) is 0.263. The van der Waals surface area contributed by atoms with E-state index in [4.69, 9.17) is 4.42 Å². The predicted octanol–water partition coefficient (Wildman–Crippen LogP) is 5.84. The van der Waals surface area contributed by atoms with Gasteiger partial charge in [-0.05, 0) is 29.8 Å². The third kappa shape index (κ3) is 3.64. The number of halogens is 1. The lowest BCUT2D eigenvalue weighted by Gasteiger charge is -2.04. The molecule has 0 aliphatic heterocycles. The molecule has 0 aliphatic rings. The van der Waals surface area contributed by atoms with Gasteiger partial charge in [0.05, 0.1) is 11.1 Å². The zero-order valence-corrected chi connectivity index (χ0v) is 16.6. The maximum Gasteiger partial charge on any atom is 0.247 e. The lowest BCUT2D eigenvalue weighted by molar-refractivity contribution is 0.528. The summed E-state index contributed by atoms with van der Waals surface area (Å²) < 4.78 is 19.1. The van der Waals surface area contributed by atoms with Crippen molar-refractivity contribution in [1.82, 2.24) is 20.2 Å². The molecular weight excluding hydrogens is 407 g/mol. The average Bonchev–Trinajstić information content (AvgIpc) is 3.41. The van der Waals surface area contributed by atoms with E-state index in [9.17, 15) is 4.39 Å². The summed E-state index contributed by atoms with van der Waals surface area (Å²) in [6.45, 7) is 0. The molecule has 142 valence electrons. The van der Waals surface area contributed by atoms with E-state index < -0.39 is 0 Å². The van der Waals surface area contributed by atoms with Crippen molar-refractivity contribution in [3.63, 3.8) is 0 Å². The van der Waals surface area contributed by atoms with Gasteiger partial charge < -0.3 is 4.42 Å². The Bertz CT molecular complexity index is 1270. The van der Waals surface area contributed by atoms with E-state index >= 15 is 0 Å². The summed E-state index contributed by atoms with van der Waals surface area (Å²) in [5.41, 5.74) is 2.80. The summed E-state index contributed by atoms with van der Waals surface area (Å²) >= 11 is 3.05. The summed E-state index contributed by atoms with van der Waals surface area (Å²) in [6, 6.07) is 16.1. The monoisotopic (exact) mass is 420 g/mol. The van der Waals surface area contributed by atoms with Crippen LogP contribution in [-0.2, 0) is 5.75 Å². The number of thioether (sulfide) groups is 1. The Morgan fingerprint density at radius 1 is 0.931 bits per heavy atom. The molecule has 0 fully saturated rings. The van der Waals surface area contributed by atoms with E-state index in [1.807, 2.05) is 35.7 Å². The van der Waals surface area contributed by atoms with Crippen LogP contribution in [0.3, 0.4) is 0 Å². The smallest absolute Gasteiger partial charge is 0.247 e. The van der Waals surface area contributed by atoms with Crippen LogP contribution in [0.5, 0.6) is 0 Å². The maximum absolute atomic E-state index is 13.3. The van der Waals surface area contributed by atoms with Crippen molar-refractivity contribution < 1.29 is 8.81 Å². The van der Waals surface area contributed by atoms with Crippen molar-refractivity contribution in [1.29, 1.82) is 0 Å². The van der Waals surface area contributed by atoms with Gasteiger partial charge in [-0.15, -0.1) is 21.5 Å². The highest BCUT2D eigenvalue weighted by Crippen LogP contribution is 2.38. The van der Waals surface area contributed by atoms with Crippen LogP contribution < -0.4 is 0 Å². The first-order valence-electron chi connectivity index (χ1n) is 8.76. The highest BCUT2D eigenvalue weighted by atomic mass is 32.2. The van der Waals surface area contributed by atoms with Gasteiger partial charge in [-0.1, -0.05) is 42.1 Å². The van der Waals surface area contributed by atoms with Gasteiger partial charge in [0, 0.05) is 16.5 Å². The first-order chi connectivity index (χ1) is 14.3. The second-order valence-corrected chi connectivity index (χ2v) is 7.99. The molecule has 2 aromatic carbocycles. The molecule has 0 saturated heterocycles. The Hall–Kier alpha value is -3.10. The summed E-state index contributed by atoms with van der Waals surface area (Å²) in [6.07, 6.45) is 1.55. The molecule has 0 spiro atoms. The Labute approximate surface area is 173 Å². The van der Waals surface area contributed by atoms with Crippen LogP contribution in [-0.4, -0.2) is 20.2 Å². The highest BCUT2D eigenvalue weighted by molar-refractivity contribution is 7.98. The molecule has 3 heterocycles. The lowest BCUT2D eigenvalue weighted by atomic mass is 10.1. The molecule has 5 rings (SSSR count). The molecule has 0 bridgehead atoms. The summed E-state index contributed by atoms with van der Waals surface area (Å²) in [4.78, 5) is 9.72. The summed E-state index contributed by atoms with van der Waals surface area (Å²) in [5.74, 6) is 1.26. The second kappa shape index (κ2) is 7.73. The lowest BCUT2D eigenvalue weighted by Crippen LogP contribution is -1.88. The molecule has 3 aromatic heterocycles. The Morgan fingerprint density at radius 3 is 2.59 bits per heavy atom. The molecule has 5 aromatic rings. The van der Waals surface area contributed by atoms with Crippen molar-refractivity contribution >= 4 is 33.3 Å². The van der Waals surface area contributed by atoms with Gasteiger partial charge in [0.2, 0.25) is 11.8 Å². The molecular formula is C21H13FN4OS2. The maximum atomic E-state index is 13.3. The van der Waals surface area contributed by atoms with Gasteiger partial charge in [0.1, 0.15) is 22.0 Å². The fourth-order valence-electron chi connectivity index (χ4n) is 2.94. The van der Waals surface area contributed by atoms with Crippen molar-refractivity contribution in [3.8, 4) is 22.6 Å².